The number of ketones is 2. The summed E-state index contributed by atoms with van der Waals surface area (Å²) in [7, 11) is -1.00. The normalized spacial score (nSPS) is 17.3. The van der Waals surface area contributed by atoms with Gasteiger partial charge in [-0.25, -0.2) is 19.6 Å². The average molecular weight is 993 g/mol. The van der Waals surface area contributed by atoms with Crippen molar-refractivity contribution < 1.29 is 24.9 Å². The molecule has 16 heteroatoms. The molecule has 0 atom stereocenters. The van der Waals surface area contributed by atoms with Crippen molar-refractivity contribution in [3.8, 4) is 22.3 Å². The number of anilines is 1. The van der Waals surface area contributed by atoms with E-state index in [1.165, 1.54) is 25.7 Å². The molecule has 2 aromatic heterocycles. The number of carbonyl (C=O) groups excluding carboxylic acids is 4. The second kappa shape index (κ2) is 21.4. The number of aromatic nitrogens is 2. The largest absolute Gasteiger partial charge is 0.353 e. The zero-order chi connectivity index (χ0) is 48.9. The highest BCUT2D eigenvalue weighted by molar-refractivity contribution is 6.39. The van der Waals surface area contributed by atoms with E-state index in [0.717, 1.165) is 110 Å². The third-order valence-electron chi connectivity index (χ3n) is 13.7. The Kier molecular flexibility index (Phi) is 14.5. The maximum absolute atomic E-state index is 13.4. The van der Waals surface area contributed by atoms with E-state index >= 15 is 0 Å². The maximum atomic E-state index is 13.4. The predicted octanol–water partition coefficient (Wildman–Crippen LogP) is 10.7. The molecule has 2 aliphatic carbocycles. The zero-order valence-corrected chi connectivity index (χ0v) is 40.6. The van der Waals surface area contributed by atoms with Crippen LogP contribution in [0.15, 0.2) is 84.9 Å². The molecule has 4 amide bonds. The van der Waals surface area contributed by atoms with Crippen molar-refractivity contribution in [2.24, 2.45) is 0 Å². The van der Waals surface area contributed by atoms with Crippen LogP contribution >= 0.6 is 34.8 Å². The van der Waals surface area contributed by atoms with Gasteiger partial charge in [-0.15, -0.1) is 0 Å². The number of hydrogen-bond acceptors (Lipinski definition) is 8. The number of urea groups is 2. The van der Waals surface area contributed by atoms with Crippen LogP contribution in [0.4, 0.5) is 19.8 Å². The average Bonchev–Trinajstić information content (AvgIpc) is 3.86. The molecule has 0 saturated carbocycles. The summed E-state index contributed by atoms with van der Waals surface area (Å²) in [6, 6.07) is 26.5. The van der Waals surface area contributed by atoms with Crippen molar-refractivity contribution in [2.75, 3.05) is 90.6 Å². The molecule has 1 N–H and O–H groups in total. The van der Waals surface area contributed by atoms with Crippen LogP contribution in [0, 0.1) is 0 Å². The standard InChI is InChI=1S/C26H25ClN4O2.C16H7Cl2NO.C10H19N3O.CH3F/c27-17-8-9-18-20(16-17)24(32)22-19-6-2-3-7-21(19)28-25(23(18)22)29-12-14-31(15-13-29)26(33)30-10-4-1-5-11-30;17-8-5-6-9-11(7-8)15(20)13-10-3-1-2-4-12(10)19-16(18)14(9)13;14-10(12-6-2-1-3-7-12)13-8-4-11-5-9-13;1-2/h2-3,6-9,16H,1,4-5,10-15H2;1-7H;11H,1-9H2;1H3/i;;;1D. The molecule has 12 rings (SSSR count). The first kappa shape index (κ1) is 46.8. The molecular formula is C53H54Cl3FN8O4. The van der Waals surface area contributed by atoms with Crippen molar-refractivity contribution >= 4 is 86.1 Å². The molecule has 358 valence electrons. The molecule has 4 aromatic carbocycles. The Bertz CT molecular complexity index is 2940. The second-order valence-electron chi connectivity index (χ2n) is 17.8. The fourth-order valence-electron chi connectivity index (χ4n) is 10.2. The molecule has 6 aromatic rings. The lowest BCUT2D eigenvalue weighted by Crippen LogP contribution is -2.54. The topological polar surface area (TPSA) is 122 Å². The number of amides is 4. The summed E-state index contributed by atoms with van der Waals surface area (Å²) in [6.07, 6.45) is 7.04. The quantitative estimate of drug-likeness (QED) is 0.161. The minimum atomic E-state index is -1.00. The Morgan fingerprint density at radius 2 is 0.971 bits per heavy atom. The van der Waals surface area contributed by atoms with Gasteiger partial charge in [-0.2, -0.15) is 0 Å². The molecular weight excluding hydrogens is 938 g/mol. The van der Waals surface area contributed by atoms with Crippen molar-refractivity contribution in [2.45, 2.75) is 38.5 Å². The lowest BCUT2D eigenvalue weighted by Gasteiger charge is -2.39. The van der Waals surface area contributed by atoms with Crippen LogP contribution in [0.5, 0.6) is 0 Å². The maximum Gasteiger partial charge on any atom is 0.320 e. The van der Waals surface area contributed by atoms with Gasteiger partial charge in [0.2, 0.25) is 0 Å². The van der Waals surface area contributed by atoms with E-state index in [1.54, 1.807) is 18.2 Å². The predicted molar refractivity (Wildman–Crippen MR) is 273 cm³/mol. The number of carbonyl (C=O) groups is 4. The Morgan fingerprint density at radius 1 is 0.536 bits per heavy atom. The van der Waals surface area contributed by atoms with Crippen LogP contribution in [0.3, 0.4) is 0 Å². The highest BCUT2D eigenvalue weighted by atomic mass is 35.5. The van der Waals surface area contributed by atoms with Gasteiger partial charge in [0.25, 0.3) is 0 Å². The molecule has 6 aliphatic rings. The Balaban J connectivity index is 0.000000139. The highest BCUT2D eigenvalue weighted by Crippen LogP contribution is 2.47. The van der Waals surface area contributed by atoms with Gasteiger partial charge >= 0.3 is 12.1 Å². The van der Waals surface area contributed by atoms with Crippen LogP contribution in [0.2, 0.25) is 15.2 Å². The second-order valence-corrected chi connectivity index (χ2v) is 19.0. The van der Waals surface area contributed by atoms with Crippen molar-refractivity contribution in [1.29, 1.82) is 0 Å². The molecule has 0 bridgehead atoms. The van der Waals surface area contributed by atoms with Gasteiger partial charge < -0.3 is 29.8 Å². The van der Waals surface area contributed by atoms with E-state index in [0.29, 0.717) is 69.2 Å². The number of likely N-dealkylation sites (tertiary alicyclic amines) is 2. The molecule has 0 unspecified atom stereocenters. The van der Waals surface area contributed by atoms with Crippen LogP contribution < -0.4 is 10.2 Å². The fourth-order valence-corrected chi connectivity index (χ4v) is 10.9. The summed E-state index contributed by atoms with van der Waals surface area (Å²) in [4.78, 5) is 70.6. The van der Waals surface area contributed by atoms with Gasteiger partial charge in [-0.1, -0.05) is 83.3 Å². The van der Waals surface area contributed by atoms with Gasteiger partial charge in [-0.3, -0.25) is 14.0 Å². The monoisotopic (exact) mass is 991 g/mol. The number of nitrogens with one attached hydrogen (secondary N) is 1. The number of rotatable bonds is 1. The third-order valence-corrected chi connectivity index (χ3v) is 14.4. The molecule has 4 fully saturated rings. The molecule has 4 saturated heterocycles. The van der Waals surface area contributed by atoms with Gasteiger partial charge in [-0.05, 0) is 86.1 Å². The van der Waals surface area contributed by atoms with E-state index < -0.39 is 7.15 Å². The number of benzene rings is 4. The number of halogens is 4. The highest BCUT2D eigenvalue weighted by Gasteiger charge is 2.36. The number of pyridine rings is 2. The van der Waals surface area contributed by atoms with Crippen molar-refractivity contribution in [3.05, 3.63) is 122 Å². The number of nitrogens with zero attached hydrogens (tertiary/aromatic N) is 7. The Labute approximate surface area is 417 Å². The third kappa shape index (κ3) is 9.71. The zero-order valence-electron chi connectivity index (χ0n) is 39.3. The van der Waals surface area contributed by atoms with E-state index in [4.69, 9.17) is 41.2 Å². The van der Waals surface area contributed by atoms with Crippen LogP contribution in [-0.2, 0) is 0 Å². The molecule has 69 heavy (non-hydrogen) atoms. The van der Waals surface area contributed by atoms with Crippen LogP contribution in [0.25, 0.3) is 44.1 Å². The lowest BCUT2D eigenvalue weighted by molar-refractivity contribution is 0.103. The summed E-state index contributed by atoms with van der Waals surface area (Å²) in [5.41, 5.74) is 7.38. The summed E-state index contributed by atoms with van der Waals surface area (Å²) in [6.45, 7) is 9.96. The van der Waals surface area contributed by atoms with Gasteiger partial charge in [0.1, 0.15) is 11.0 Å². The summed E-state index contributed by atoms with van der Waals surface area (Å²) >= 11 is 18.5. The minimum absolute atomic E-state index is 0.00117. The number of piperidine rings is 2. The lowest BCUT2D eigenvalue weighted by atomic mass is 10.0. The summed E-state index contributed by atoms with van der Waals surface area (Å²) in [5.74, 6) is 0.780. The number of hydrogen-bond donors (Lipinski definition) is 1. The Morgan fingerprint density at radius 3 is 1.49 bits per heavy atom. The number of fused-ring (bicyclic) bond motifs is 10. The van der Waals surface area contributed by atoms with Crippen molar-refractivity contribution in [3.63, 3.8) is 0 Å². The van der Waals surface area contributed by atoms with Crippen LogP contribution in [0.1, 0.15) is 71.7 Å². The summed E-state index contributed by atoms with van der Waals surface area (Å²) < 4.78 is 15.5. The van der Waals surface area contributed by atoms with Gasteiger partial charge in [0, 0.05) is 133 Å². The molecule has 4 aliphatic heterocycles. The van der Waals surface area contributed by atoms with Crippen molar-refractivity contribution in [1.82, 2.24) is 34.9 Å². The van der Waals surface area contributed by atoms with E-state index in [9.17, 15) is 23.6 Å². The Hall–Kier alpha value is -5.86. The smallest absolute Gasteiger partial charge is 0.320 e. The molecule has 6 heterocycles. The first-order valence-electron chi connectivity index (χ1n) is 24.4. The van der Waals surface area contributed by atoms with E-state index in [2.05, 4.69) is 15.2 Å². The first-order valence-corrected chi connectivity index (χ1v) is 24.8. The van der Waals surface area contributed by atoms with E-state index in [-0.39, 0.29) is 23.6 Å². The molecule has 0 radical (unpaired) electrons. The first-order chi connectivity index (χ1) is 34.1. The summed E-state index contributed by atoms with van der Waals surface area (Å²) in [5, 5.41) is 6.40. The SMILES string of the molecule is O=C(N1CCCCC1)N1CCNCC1.O=C1c2cc(Cl)ccc2-c2c(Cl)nc3ccccc3c21.O=C1c2cc(Cl)ccc2-c2c(N3CCN(C(=O)N4CCCCC4)CC3)nc3ccccc3c21.[2H]CF. The fraction of sp³-hybridized carbons (Fsp3) is 0.358. The minimum Gasteiger partial charge on any atom is -0.353 e. The van der Waals surface area contributed by atoms with Gasteiger partial charge in [0.15, 0.2) is 11.6 Å². The number of piperazine rings is 2. The van der Waals surface area contributed by atoms with Crippen LogP contribution in [-0.4, -0.2) is 139 Å². The van der Waals surface area contributed by atoms with Gasteiger partial charge in [0.05, 0.1) is 19.6 Å². The molecule has 0 spiro atoms. The number of para-hydroxylation sites is 2. The number of alkyl halides is 1. The van der Waals surface area contributed by atoms with E-state index in [1.807, 2.05) is 86.3 Å². The molecule has 12 nitrogen and oxygen atoms in total.